The number of aromatic nitrogens is 1. The Hall–Kier alpha value is -1.88. The molecule has 25 heavy (non-hydrogen) atoms. The third-order valence-corrected chi connectivity index (χ3v) is 5.42. The van der Waals surface area contributed by atoms with E-state index in [9.17, 15) is 9.59 Å². The molecule has 0 saturated carbocycles. The first-order valence-corrected chi connectivity index (χ1v) is 9.50. The van der Waals surface area contributed by atoms with Gasteiger partial charge in [-0.3, -0.25) is 14.2 Å². The lowest BCUT2D eigenvalue weighted by Gasteiger charge is -2.22. The van der Waals surface area contributed by atoms with Crippen molar-refractivity contribution >= 4 is 17.2 Å². The molecular formula is C20H28N2O2S. The zero-order valence-corrected chi connectivity index (χ0v) is 16.8. The topological polar surface area (TPSA) is 51.1 Å². The fourth-order valence-corrected chi connectivity index (χ4v) is 3.68. The zero-order valence-electron chi connectivity index (χ0n) is 16.0. The van der Waals surface area contributed by atoms with Gasteiger partial charge in [-0.15, -0.1) is 0 Å². The van der Waals surface area contributed by atoms with Gasteiger partial charge in [0.15, 0.2) is 0 Å². The lowest BCUT2D eigenvalue weighted by atomic mass is 9.83. The maximum absolute atomic E-state index is 12.1. The van der Waals surface area contributed by atoms with Gasteiger partial charge in [0.1, 0.15) is 6.54 Å². The predicted octanol–water partition coefficient (Wildman–Crippen LogP) is 3.49. The van der Waals surface area contributed by atoms with Crippen molar-refractivity contribution in [1.82, 2.24) is 9.88 Å². The summed E-state index contributed by atoms with van der Waals surface area (Å²) in [6.07, 6.45) is 0.797. The quantitative estimate of drug-likeness (QED) is 0.887. The van der Waals surface area contributed by atoms with Gasteiger partial charge < -0.3 is 5.32 Å². The van der Waals surface area contributed by atoms with Gasteiger partial charge in [-0.05, 0) is 54.9 Å². The van der Waals surface area contributed by atoms with Crippen LogP contribution in [0.2, 0.25) is 0 Å². The van der Waals surface area contributed by atoms with E-state index in [4.69, 9.17) is 0 Å². The van der Waals surface area contributed by atoms with E-state index < -0.39 is 0 Å². The highest BCUT2D eigenvalue weighted by molar-refractivity contribution is 7.07. The third-order valence-electron chi connectivity index (χ3n) is 4.54. The second-order valence-corrected chi connectivity index (χ2v) is 8.49. The highest BCUT2D eigenvalue weighted by Crippen LogP contribution is 2.27. The van der Waals surface area contributed by atoms with Gasteiger partial charge in [0.2, 0.25) is 5.91 Å². The molecule has 0 radical (unpaired) electrons. The monoisotopic (exact) mass is 360 g/mol. The van der Waals surface area contributed by atoms with Crippen molar-refractivity contribution in [1.29, 1.82) is 0 Å². The number of aryl methyl sites for hydroxylation is 3. The van der Waals surface area contributed by atoms with Crippen LogP contribution in [-0.2, 0) is 23.2 Å². The fourth-order valence-electron chi connectivity index (χ4n) is 2.94. The van der Waals surface area contributed by atoms with Crippen LogP contribution in [0.4, 0.5) is 0 Å². The molecule has 136 valence electrons. The molecule has 1 heterocycles. The van der Waals surface area contributed by atoms with Gasteiger partial charge in [0.25, 0.3) is 0 Å². The van der Waals surface area contributed by atoms with Crippen molar-refractivity contribution in [3.63, 3.8) is 0 Å². The molecule has 0 spiro atoms. The summed E-state index contributed by atoms with van der Waals surface area (Å²) >= 11 is 1.13. The van der Waals surface area contributed by atoms with Crippen LogP contribution in [0.3, 0.4) is 0 Å². The number of hydrogen-bond donors (Lipinski definition) is 1. The van der Waals surface area contributed by atoms with Gasteiger partial charge in [-0.1, -0.05) is 44.2 Å². The summed E-state index contributed by atoms with van der Waals surface area (Å²) in [6.45, 7) is 13.4. The van der Waals surface area contributed by atoms with Crippen LogP contribution in [-0.4, -0.2) is 17.0 Å². The molecule has 0 fully saturated rings. The number of rotatable bonds is 5. The Morgan fingerprint density at radius 3 is 2.24 bits per heavy atom. The Bertz CT molecular complexity index is 802. The Morgan fingerprint density at radius 2 is 1.76 bits per heavy atom. The Balaban J connectivity index is 1.98. The number of nitrogens with one attached hydrogen (secondary N) is 1. The molecule has 1 amide bonds. The molecule has 0 bridgehead atoms. The SMILES string of the molecule is Cc1cc(C(C)(C)C)cc(C)c1CCNC(=O)Cn1c(C)csc1=O. The molecule has 0 aliphatic heterocycles. The average molecular weight is 361 g/mol. The standard InChI is InChI=1S/C20H28N2O2S/c1-13-9-16(20(4,5)6)10-14(2)17(13)7-8-21-18(23)11-22-15(3)12-25-19(22)24/h9-10,12H,7-8,11H2,1-6H3,(H,21,23). The van der Waals surface area contributed by atoms with E-state index >= 15 is 0 Å². The van der Waals surface area contributed by atoms with Crippen LogP contribution in [0.25, 0.3) is 0 Å². The van der Waals surface area contributed by atoms with Crippen LogP contribution in [0, 0.1) is 20.8 Å². The second-order valence-electron chi connectivity index (χ2n) is 7.67. The number of carbonyl (C=O) groups excluding carboxylic acids is 1. The lowest BCUT2D eigenvalue weighted by Crippen LogP contribution is -2.32. The van der Waals surface area contributed by atoms with Crippen molar-refractivity contribution in [3.05, 3.63) is 55.1 Å². The Morgan fingerprint density at radius 1 is 1.16 bits per heavy atom. The molecule has 4 nitrogen and oxygen atoms in total. The molecule has 0 atom stereocenters. The van der Waals surface area contributed by atoms with Gasteiger partial charge in [-0.25, -0.2) is 0 Å². The molecular weight excluding hydrogens is 332 g/mol. The van der Waals surface area contributed by atoms with Gasteiger partial charge in [0, 0.05) is 17.6 Å². The van der Waals surface area contributed by atoms with Crippen LogP contribution in [0.1, 0.15) is 48.7 Å². The second kappa shape index (κ2) is 7.56. The molecule has 0 aliphatic rings. The molecule has 0 aliphatic carbocycles. The minimum atomic E-state index is -0.120. The molecule has 1 aromatic carbocycles. The number of thiazole rings is 1. The minimum Gasteiger partial charge on any atom is -0.354 e. The predicted molar refractivity (Wildman–Crippen MR) is 105 cm³/mol. The van der Waals surface area contributed by atoms with Crippen LogP contribution in [0.15, 0.2) is 22.3 Å². The fraction of sp³-hybridized carbons (Fsp3) is 0.500. The van der Waals surface area contributed by atoms with E-state index in [-0.39, 0.29) is 22.7 Å². The van der Waals surface area contributed by atoms with E-state index in [2.05, 4.69) is 52.1 Å². The van der Waals surface area contributed by atoms with E-state index in [1.54, 1.807) is 5.38 Å². The van der Waals surface area contributed by atoms with Crippen LogP contribution < -0.4 is 10.2 Å². The summed E-state index contributed by atoms with van der Waals surface area (Å²) in [6, 6.07) is 4.50. The summed E-state index contributed by atoms with van der Waals surface area (Å²) in [5, 5.41) is 4.71. The first-order chi connectivity index (χ1) is 11.6. The van der Waals surface area contributed by atoms with Gasteiger partial charge in [-0.2, -0.15) is 0 Å². The highest BCUT2D eigenvalue weighted by Gasteiger charge is 2.16. The summed E-state index contributed by atoms with van der Waals surface area (Å²) in [4.78, 5) is 23.7. The smallest absolute Gasteiger partial charge is 0.307 e. The maximum Gasteiger partial charge on any atom is 0.307 e. The summed E-state index contributed by atoms with van der Waals surface area (Å²) in [5.74, 6) is -0.120. The summed E-state index contributed by atoms with van der Waals surface area (Å²) < 4.78 is 1.51. The molecule has 1 N–H and O–H groups in total. The van der Waals surface area contributed by atoms with Crippen molar-refractivity contribution in [2.24, 2.45) is 0 Å². The minimum absolute atomic E-state index is 0.0860. The van der Waals surface area contributed by atoms with Crippen LogP contribution in [0.5, 0.6) is 0 Å². The number of benzene rings is 1. The molecule has 0 unspecified atom stereocenters. The molecule has 0 saturated heterocycles. The van der Waals surface area contributed by atoms with E-state index in [1.807, 2.05) is 6.92 Å². The summed E-state index contributed by atoms with van der Waals surface area (Å²) in [7, 11) is 0. The normalized spacial score (nSPS) is 11.6. The summed E-state index contributed by atoms with van der Waals surface area (Å²) in [5.41, 5.74) is 6.12. The van der Waals surface area contributed by atoms with Crippen LogP contribution >= 0.6 is 11.3 Å². The van der Waals surface area contributed by atoms with E-state index in [1.165, 1.54) is 26.8 Å². The maximum atomic E-state index is 12.1. The van der Waals surface area contributed by atoms with E-state index in [0.717, 1.165) is 23.5 Å². The van der Waals surface area contributed by atoms with Gasteiger partial charge >= 0.3 is 4.87 Å². The van der Waals surface area contributed by atoms with Crippen molar-refractivity contribution in [3.8, 4) is 0 Å². The van der Waals surface area contributed by atoms with Crippen molar-refractivity contribution in [2.45, 2.75) is 59.9 Å². The molecule has 2 aromatic rings. The number of nitrogens with zero attached hydrogens (tertiary/aromatic N) is 1. The first-order valence-electron chi connectivity index (χ1n) is 8.62. The number of hydrogen-bond acceptors (Lipinski definition) is 3. The Labute approximate surface area is 153 Å². The largest absolute Gasteiger partial charge is 0.354 e. The van der Waals surface area contributed by atoms with Crippen molar-refractivity contribution in [2.75, 3.05) is 6.54 Å². The molecule has 5 heteroatoms. The first kappa shape index (κ1) is 19.4. The molecule has 2 rings (SSSR count). The third kappa shape index (κ3) is 4.82. The number of amides is 1. The zero-order chi connectivity index (χ0) is 18.8. The number of carbonyl (C=O) groups is 1. The highest BCUT2D eigenvalue weighted by atomic mass is 32.1. The van der Waals surface area contributed by atoms with Gasteiger partial charge in [0.05, 0.1) is 0 Å². The molecule has 1 aromatic heterocycles. The van der Waals surface area contributed by atoms with Crippen molar-refractivity contribution < 1.29 is 4.79 Å². The average Bonchev–Trinajstić information content (AvgIpc) is 2.80. The Kier molecular flexibility index (Phi) is 5.88. The van der Waals surface area contributed by atoms with E-state index in [0.29, 0.717) is 6.54 Å². The lowest BCUT2D eigenvalue weighted by molar-refractivity contribution is -0.121.